The van der Waals surface area contributed by atoms with E-state index in [1.165, 1.54) is 6.42 Å². The van der Waals surface area contributed by atoms with Crippen molar-refractivity contribution in [3.8, 4) is 0 Å². The van der Waals surface area contributed by atoms with E-state index in [0.29, 0.717) is 17.4 Å². The Morgan fingerprint density at radius 1 is 1.42 bits per heavy atom. The van der Waals surface area contributed by atoms with E-state index in [4.69, 9.17) is 16.3 Å². The predicted molar refractivity (Wildman–Crippen MR) is 77.5 cm³/mol. The zero-order chi connectivity index (χ0) is 13.9. The topological polar surface area (TPSA) is 26.3 Å². The lowest BCUT2D eigenvalue weighted by atomic mass is 9.75. The van der Waals surface area contributed by atoms with E-state index in [9.17, 15) is 4.79 Å². The Kier molecular flexibility index (Phi) is 4.64. The molecule has 1 aliphatic carbocycles. The molecule has 1 saturated carbocycles. The van der Waals surface area contributed by atoms with Crippen LogP contribution < -0.4 is 0 Å². The molecular formula is C16H21ClO2. The van der Waals surface area contributed by atoms with Crippen LogP contribution in [0.4, 0.5) is 0 Å². The highest BCUT2D eigenvalue weighted by Crippen LogP contribution is 2.36. The fourth-order valence-electron chi connectivity index (χ4n) is 3.00. The van der Waals surface area contributed by atoms with Gasteiger partial charge < -0.3 is 4.74 Å². The van der Waals surface area contributed by atoms with Crippen molar-refractivity contribution in [3.63, 3.8) is 0 Å². The molecular weight excluding hydrogens is 260 g/mol. The molecule has 0 heterocycles. The summed E-state index contributed by atoms with van der Waals surface area (Å²) < 4.78 is 5.63. The van der Waals surface area contributed by atoms with Crippen LogP contribution in [0.15, 0.2) is 24.3 Å². The van der Waals surface area contributed by atoms with Gasteiger partial charge in [-0.1, -0.05) is 37.1 Å². The number of halogens is 1. The van der Waals surface area contributed by atoms with Gasteiger partial charge in [-0.2, -0.15) is 0 Å². The van der Waals surface area contributed by atoms with Crippen molar-refractivity contribution in [3.05, 3.63) is 34.9 Å². The number of rotatable bonds is 4. The predicted octanol–water partition coefficient (Wildman–Crippen LogP) is 4.05. The van der Waals surface area contributed by atoms with Gasteiger partial charge in [0, 0.05) is 18.6 Å². The standard InChI is InChI=1S/C16H21ClO2/c1-12-4-3-9-16(11-12,19-2)15(18)10-13-5-7-14(17)8-6-13/h5-8,12H,3-4,9-11H2,1-2H3. The lowest BCUT2D eigenvalue weighted by Crippen LogP contribution is -2.45. The molecule has 2 unspecified atom stereocenters. The maximum absolute atomic E-state index is 12.6. The summed E-state index contributed by atoms with van der Waals surface area (Å²) in [5, 5.41) is 0.698. The van der Waals surface area contributed by atoms with Crippen LogP contribution in [-0.4, -0.2) is 18.5 Å². The third kappa shape index (κ3) is 3.37. The molecule has 2 atom stereocenters. The molecule has 19 heavy (non-hydrogen) atoms. The number of methoxy groups -OCH3 is 1. The first-order valence-corrected chi connectivity index (χ1v) is 7.26. The smallest absolute Gasteiger partial charge is 0.168 e. The molecule has 0 bridgehead atoms. The molecule has 104 valence electrons. The monoisotopic (exact) mass is 280 g/mol. The molecule has 2 nitrogen and oxygen atoms in total. The van der Waals surface area contributed by atoms with E-state index in [-0.39, 0.29) is 5.78 Å². The average Bonchev–Trinajstić information content (AvgIpc) is 2.41. The van der Waals surface area contributed by atoms with Crippen LogP contribution in [-0.2, 0) is 16.0 Å². The molecule has 0 amide bonds. The molecule has 1 fully saturated rings. The van der Waals surface area contributed by atoms with Crippen molar-refractivity contribution in [2.75, 3.05) is 7.11 Å². The van der Waals surface area contributed by atoms with E-state index in [2.05, 4.69) is 6.92 Å². The summed E-state index contributed by atoms with van der Waals surface area (Å²) in [5.74, 6) is 0.756. The highest BCUT2D eigenvalue weighted by atomic mass is 35.5. The second-order valence-electron chi connectivity index (χ2n) is 5.63. The Bertz CT molecular complexity index is 441. The summed E-state index contributed by atoms with van der Waals surface area (Å²) in [6.45, 7) is 2.20. The van der Waals surface area contributed by atoms with Gasteiger partial charge in [0.2, 0.25) is 0 Å². The first kappa shape index (κ1) is 14.5. The van der Waals surface area contributed by atoms with Gasteiger partial charge in [-0.3, -0.25) is 4.79 Å². The summed E-state index contributed by atoms with van der Waals surface area (Å²) in [6.07, 6.45) is 4.38. The zero-order valence-corrected chi connectivity index (χ0v) is 12.4. The maximum atomic E-state index is 12.6. The molecule has 0 spiro atoms. The van der Waals surface area contributed by atoms with E-state index in [0.717, 1.165) is 24.8 Å². The highest BCUT2D eigenvalue weighted by Gasteiger charge is 2.41. The average molecular weight is 281 g/mol. The van der Waals surface area contributed by atoms with Crippen molar-refractivity contribution in [2.24, 2.45) is 5.92 Å². The Labute approximate surface area is 120 Å². The van der Waals surface area contributed by atoms with Gasteiger partial charge in [0.25, 0.3) is 0 Å². The second kappa shape index (κ2) is 6.06. The van der Waals surface area contributed by atoms with Crippen LogP contribution in [0.3, 0.4) is 0 Å². The lowest BCUT2D eigenvalue weighted by Gasteiger charge is -2.37. The molecule has 0 saturated heterocycles. The third-order valence-electron chi connectivity index (χ3n) is 4.13. The maximum Gasteiger partial charge on any atom is 0.168 e. The summed E-state index contributed by atoms with van der Waals surface area (Å²) in [7, 11) is 1.66. The summed E-state index contributed by atoms with van der Waals surface area (Å²) in [6, 6.07) is 7.48. The van der Waals surface area contributed by atoms with Crippen molar-refractivity contribution >= 4 is 17.4 Å². The van der Waals surface area contributed by atoms with Crippen LogP contribution in [0.25, 0.3) is 0 Å². The van der Waals surface area contributed by atoms with Crippen LogP contribution in [0.1, 0.15) is 38.2 Å². The Hall–Kier alpha value is -0.860. The van der Waals surface area contributed by atoms with Crippen molar-refractivity contribution < 1.29 is 9.53 Å². The number of hydrogen-bond acceptors (Lipinski definition) is 2. The molecule has 1 aromatic rings. The molecule has 2 rings (SSSR count). The highest BCUT2D eigenvalue weighted by molar-refractivity contribution is 6.30. The van der Waals surface area contributed by atoms with Crippen molar-refractivity contribution in [2.45, 2.75) is 44.6 Å². The number of benzene rings is 1. The largest absolute Gasteiger partial charge is 0.370 e. The summed E-state index contributed by atoms with van der Waals surface area (Å²) in [4.78, 5) is 12.6. The lowest BCUT2D eigenvalue weighted by molar-refractivity contribution is -0.146. The van der Waals surface area contributed by atoms with Crippen LogP contribution in [0.2, 0.25) is 5.02 Å². The van der Waals surface area contributed by atoms with E-state index < -0.39 is 5.60 Å². The quantitative estimate of drug-likeness (QED) is 0.832. The van der Waals surface area contributed by atoms with E-state index >= 15 is 0 Å². The third-order valence-corrected chi connectivity index (χ3v) is 4.38. The van der Waals surface area contributed by atoms with Crippen LogP contribution >= 0.6 is 11.6 Å². The van der Waals surface area contributed by atoms with Gasteiger partial charge in [-0.15, -0.1) is 0 Å². The normalized spacial score (nSPS) is 27.2. The number of hydrogen-bond donors (Lipinski definition) is 0. The Balaban J connectivity index is 2.10. The fraction of sp³-hybridized carbons (Fsp3) is 0.562. The Morgan fingerprint density at radius 2 is 2.11 bits per heavy atom. The molecule has 0 radical (unpaired) electrons. The number of ketones is 1. The molecule has 0 aliphatic heterocycles. The number of carbonyl (C=O) groups excluding carboxylic acids is 1. The summed E-state index contributed by atoms with van der Waals surface area (Å²) in [5.41, 5.74) is 0.432. The SMILES string of the molecule is COC1(C(=O)Cc2ccc(Cl)cc2)CCCC(C)C1. The second-order valence-corrected chi connectivity index (χ2v) is 6.06. The van der Waals surface area contributed by atoms with Crippen LogP contribution in [0, 0.1) is 5.92 Å². The zero-order valence-electron chi connectivity index (χ0n) is 11.6. The van der Waals surface area contributed by atoms with Gasteiger partial charge in [-0.05, 0) is 42.9 Å². The van der Waals surface area contributed by atoms with Crippen molar-refractivity contribution in [1.29, 1.82) is 0 Å². The molecule has 1 aliphatic rings. The molecule has 0 N–H and O–H groups in total. The number of Topliss-reactive ketones (excluding diaryl/α,β-unsaturated/α-hetero) is 1. The van der Waals surface area contributed by atoms with E-state index in [1.54, 1.807) is 7.11 Å². The summed E-state index contributed by atoms with van der Waals surface area (Å²) >= 11 is 5.86. The van der Waals surface area contributed by atoms with Crippen LogP contribution in [0.5, 0.6) is 0 Å². The van der Waals surface area contributed by atoms with E-state index in [1.807, 2.05) is 24.3 Å². The van der Waals surface area contributed by atoms with Gasteiger partial charge in [0.15, 0.2) is 5.78 Å². The molecule has 1 aromatic carbocycles. The Morgan fingerprint density at radius 3 is 2.68 bits per heavy atom. The first-order chi connectivity index (χ1) is 9.05. The first-order valence-electron chi connectivity index (χ1n) is 6.88. The number of carbonyl (C=O) groups is 1. The minimum Gasteiger partial charge on any atom is -0.370 e. The van der Waals surface area contributed by atoms with Gasteiger partial charge in [-0.25, -0.2) is 0 Å². The van der Waals surface area contributed by atoms with Gasteiger partial charge in [0.05, 0.1) is 0 Å². The minimum atomic E-state index is -0.572. The minimum absolute atomic E-state index is 0.198. The van der Waals surface area contributed by atoms with Gasteiger partial charge >= 0.3 is 0 Å². The van der Waals surface area contributed by atoms with Gasteiger partial charge in [0.1, 0.15) is 5.60 Å². The van der Waals surface area contributed by atoms with Crippen molar-refractivity contribution in [1.82, 2.24) is 0 Å². The molecule has 3 heteroatoms. The fourth-order valence-corrected chi connectivity index (χ4v) is 3.13. The molecule has 0 aromatic heterocycles. The number of ether oxygens (including phenoxy) is 1.